The molecule has 1 unspecified atom stereocenters. The Kier molecular flexibility index (Phi) is 7.16. The summed E-state index contributed by atoms with van der Waals surface area (Å²) in [4.78, 5) is 5.20. The van der Waals surface area contributed by atoms with Gasteiger partial charge in [0.05, 0.1) is 24.5 Å². The Labute approximate surface area is 199 Å². The van der Waals surface area contributed by atoms with Crippen molar-refractivity contribution in [1.82, 2.24) is 19.7 Å². The molecule has 2 aromatic rings. The van der Waals surface area contributed by atoms with Crippen LogP contribution in [-0.2, 0) is 30.2 Å². The number of hydrogen-bond acceptors (Lipinski definition) is 7. The van der Waals surface area contributed by atoms with Gasteiger partial charge in [0.1, 0.15) is 22.5 Å². The van der Waals surface area contributed by atoms with Crippen molar-refractivity contribution >= 4 is 21.6 Å². The van der Waals surface area contributed by atoms with Crippen LogP contribution < -0.4 is 5.32 Å². The molecule has 0 amide bonds. The van der Waals surface area contributed by atoms with Crippen molar-refractivity contribution in [3.05, 3.63) is 39.6 Å². The molecule has 4 heterocycles. The number of aliphatic hydroxyl groups is 2. The molecule has 188 valence electrons. The topological polar surface area (TPSA) is 95.7 Å². The molecule has 0 saturated heterocycles. The average molecular weight is 556 g/mol. The lowest BCUT2D eigenvalue weighted by Gasteiger charge is -2.32. The summed E-state index contributed by atoms with van der Waals surface area (Å²) in [5, 5.41) is 28.3. The zero-order chi connectivity index (χ0) is 24.7. The smallest absolute Gasteiger partial charge is 0.289 e. The van der Waals surface area contributed by atoms with Crippen LogP contribution in [0.15, 0.2) is 16.9 Å². The van der Waals surface area contributed by atoms with E-state index >= 15 is 8.78 Å². The van der Waals surface area contributed by atoms with E-state index in [0.29, 0.717) is 5.69 Å². The first-order valence-corrected chi connectivity index (χ1v) is 11.3. The molecule has 0 radical (unpaired) electrons. The van der Waals surface area contributed by atoms with Gasteiger partial charge >= 0.3 is 0 Å². The monoisotopic (exact) mass is 555 g/mol. The first-order valence-electron chi connectivity index (χ1n) is 10.5. The molecule has 0 aliphatic carbocycles. The fraction of sp³-hybridized carbons (Fsp3) is 0.600. The molecule has 0 spiro atoms. The molecule has 0 fully saturated rings. The second kappa shape index (κ2) is 9.64. The number of fused-ring (bicyclic) bond motifs is 3. The van der Waals surface area contributed by atoms with Crippen molar-refractivity contribution in [3.63, 3.8) is 0 Å². The maximum atomic E-state index is 15.2. The molecule has 2 aromatic heterocycles. The fourth-order valence-electron chi connectivity index (χ4n) is 4.26. The Hall–Kier alpha value is -1.87. The van der Waals surface area contributed by atoms with Crippen LogP contribution in [0.25, 0.3) is 0 Å². The molecule has 0 aromatic carbocycles. The number of anilines is 1. The van der Waals surface area contributed by atoms with Crippen molar-refractivity contribution in [2.75, 3.05) is 25.1 Å². The number of hydrogen-bond donors (Lipinski definition) is 3. The van der Waals surface area contributed by atoms with Crippen molar-refractivity contribution < 1.29 is 36.9 Å². The van der Waals surface area contributed by atoms with E-state index in [-0.39, 0.29) is 54.0 Å². The van der Waals surface area contributed by atoms with Crippen LogP contribution in [-0.4, -0.2) is 68.0 Å². The van der Waals surface area contributed by atoms with Crippen LogP contribution in [0.3, 0.4) is 0 Å². The Morgan fingerprint density at radius 2 is 2.06 bits per heavy atom. The molecule has 8 nitrogen and oxygen atoms in total. The summed E-state index contributed by atoms with van der Waals surface area (Å²) in [5.74, 6) is -4.06. The highest BCUT2D eigenvalue weighted by molar-refractivity contribution is 9.10. The van der Waals surface area contributed by atoms with Crippen LogP contribution in [0.5, 0.6) is 0 Å². The lowest BCUT2D eigenvalue weighted by atomic mass is 9.95. The second-order valence-corrected chi connectivity index (χ2v) is 9.22. The summed E-state index contributed by atoms with van der Waals surface area (Å²) in [7, 11) is 0. The van der Waals surface area contributed by atoms with Gasteiger partial charge in [-0.2, -0.15) is 13.9 Å². The van der Waals surface area contributed by atoms with Crippen molar-refractivity contribution in [1.29, 1.82) is 0 Å². The van der Waals surface area contributed by atoms with E-state index in [4.69, 9.17) is 4.74 Å². The average Bonchev–Trinajstić information content (AvgIpc) is 3.08. The Bertz CT molecular complexity index is 1040. The van der Waals surface area contributed by atoms with E-state index in [1.54, 1.807) is 0 Å². The molecule has 2 aliphatic rings. The first-order chi connectivity index (χ1) is 16.0. The van der Waals surface area contributed by atoms with Crippen LogP contribution in [0.4, 0.5) is 27.6 Å². The third-order valence-corrected chi connectivity index (χ3v) is 6.47. The predicted octanol–water partition coefficient (Wildman–Crippen LogP) is 2.82. The van der Waals surface area contributed by atoms with E-state index in [9.17, 15) is 23.4 Å². The summed E-state index contributed by atoms with van der Waals surface area (Å²) in [6.07, 6.45) is -3.65. The number of nitrogens with zero attached hydrogens (tertiary/aromatic N) is 4. The van der Waals surface area contributed by atoms with Gasteiger partial charge in [-0.05, 0) is 28.4 Å². The molecule has 2 aliphatic heterocycles. The minimum atomic E-state index is -3.35. The van der Waals surface area contributed by atoms with E-state index < -0.39 is 49.8 Å². The summed E-state index contributed by atoms with van der Waals surface area (Å²) in [5.41, 5.74) is -1.58. The highest BCUT2D eigenvalue weighted by Crippen LogP contribution is 2.43. The van der Waals surface area contributed by atoms with Gasteiger partial charge < -0.3 is 20.3 Å². The van der Waals surface area contributed by atoms with Crippen LogP contribution in [0.1, 0.15) is 29.8 Å². The molecule has 0 saturated carbocycles. The van der Waals surface area contributed by atoms with Gasteiger partial charge in [-0.25, -0.2) is 18.2 Å². The molecular formula is C20H23BrF5N5O3. The SMILES string of the molecule is OC(Nc1ccnc(Br)c1F)N1CCc2nn3c(c2C1)C(F)(F)CC[C@@](O)(COCC(F)F)C3. The summed E-state index contributed by atoms with van der Waals surface area (Å²) < 4.78 is 75.1. The van der Waals surface area contributed by atoms with Gasteiger partial charge in [0.25, 0.3) is 12.3 Å². The summed E-state index contributed by atoms with van der Waals surface area (Å²) >= 11 is 2.96. The zero-order valence-electron chi connectivity index (χ0n) is 17.8. The number of aliphatic hydroxyl groups excluding tert-OH is 1. The lowest BCUT2D eigenvalue weighted by molar-refractivity contribution is -0.0927. The molecule has 2 atom stereocenters. The van der Waals surface area contributed by atoms with Gasteiger partial charge in [0, 0.05) is 37.7 Å². The van der Waals surface area contributed by atoms with Crippen molar-refractivity contribution in [2.45, 2.75) is 56.7 Å². The van der Waals surface area contributed by atoms with Crippen LogP contribution >= 0.6 is 15.9 Å². The maximum Gasteiger partial charge on any atom is 0.289 e. The molecule has 3 N–H and O–H groups in total. The number of alkyl halides is 4. The van der Waals surface area contributed by atoms with Gasteiger partial charge in [-0.1, -0.05) is 0 Å². The van der Waals surface area contributed by atoms with Crippen LogP contribution in [0, 0.1) is 5.82 Å². The highest BCUT2D eigenvalue weighted by Gasteiger charge is 2.47. The number of aromatic nitrogens is 3. The summed E-state index contributed by atoms with van der Waals surface area (Å²) in [6, 6.07) is 1.33. The minimum absolute atomic E-state index is 0.0202. The number of halogens is 6. The third kappa shape index (κ3) is 5.20. The molecule has 4 rings (SSSR count). The lowest BCUT2D eigenvalue weighted by Crippen LogP contribution is -2.44. The van der Waals surface area contributed by atoms with E-state index in [1.807, 2.05) is 0 Å². The van der Waals surface area contributed by atoms with Crippen molar-refractivity contribution in [3.8, 4) is 0 Å². The highest BCUT2D eigenvalue weighted by atomic mass is 79.9. The number of rotatable bonds is 7. The predicted molar refractivity (Wildman–Crippen MR) is 113 cm³/mol. The number of pyridine rings is 1. The minimum Gasteiger partial charge on any atom is -0.386 e. The van der Waals surface area contributed by atoms with Gasteiger partial charge in [-0.15, -0.1) is 0 Å². The Balaban J connectivity index is 1.55. The van der Waals surface area contributed by atoms with Gasteiger partial charge in [0.15, 0.2) is 12.2 Å². The largest absolute Gasteiger partial charge is 0.386 e. The maximum absolute atomic E-state index is 15.2. The standard InChI is InChI=1S/C20H23BrF5N5O3/c21-17-15(24)13(1-5-27-17)28-18(32)30-6-2-12-11(7-30)16-20(25,26)4-3-19(33,9-31(16)29-12)10-34-8-14(22)23/h1,5,14,18,32-33H,2-4,6-10H2,(H,27,28)/t18?,19-/m0/s1. The Morgan fingerprint density at radius 3 is 2.79 bits per heavy atom. The van der Waals surface area contributed by atoms with Crippen molar-refractivity contribution in [2.24, 2.45) is 0 Å². The van der Waals surface area contributed by atoms with E-state index in [2.05, 4.69) is 31.3 Å². The normalized spacial score (nSPS) is 23.3. The fourth-order valence-corrected chi connectivity index (χ4v) is 4.59. The zero-order valence-corrected chi connectivity index (χ0v) is 19.4. The number of nitrogens with one attached hydrogen (secondary N) is 1. The second-order valence-electron chi connectivity index (χ2n) is 8.47. The van der Waals surface area contributed by atoms with E-state index in [0.717, 1.165) is 4.68 Å². The molecule has 34 heavy (non-hydrogen) atoms. The van der Waals surface area contributed by atoms with Crippen LogP contribution in [0.2, 0.25) is 0 Å². The molecule has 0 bridgehead atoms. The summed E-state index contributed by atoms with van der Waals surface area (Å²) in [6.45, 7) is -1.62. The first kappa shape index (κ1) is 25.2. The third-order valence-electron chi connectivity index (χ3n) is 5.92. The quantitative estimate of drug-likeness (QED) is 0.275. The molecule has 14 heteroatoms. The molecular weight excluding hydrogens is 533 g/mol. The van der Waals surface area contributed by atoms with Gasteiger partial charge in [0.2, 0.25) is 0 Å². The Morgan fingerprint density at radius 1 is 1.29 bits per heavy atom. The number of ether oxygens (including phenoxy) is 1. The van der Waals surface area contributed by atoms with E-state index in [1.165, 1.54) is 17.2 Å². The van der Waals surface area contributed by atoms with Gasteiger partial charge in [-0.3, -0.25) is 9.58 Å².